The van der Waals surface area contributed by atoms with Crippen LogP contribution in [0, 0.1) is 5.92 Å². The molecule has 0 aromatic rings. The van der Waals surface area contributed by atoms with E-state index in [-0.39, 0.29) is 6.54 Å². The second-order valence-corrected chi connectivity index (χ2v) is 4.60. The zero-order valence-corrected chi connectivity index (χ0v) is 10.3. The molecule has 1 aliphatic carbocycles. The average Bonchev–Trinajstić information content (AvgIpc) is 3.12. The predicted octanol–water partition coefficient (Wildman–Crippen LogP) is 0.919. The first-order chi connectivity index (χ1) is 7.73. The van der Waals surface area contributed by atoms with Crippen LogP contribution in [0.3, 0.4) is 0 Å². The van der Waals surface area contributed by atoms with E-state index in [1.807, 2.05) is 0 Å². The molecule has 0 aromatic carbocycles. The normalized spacial score (nSPS) is 19.7. The predicted molar refractivity (Wildman–Crippen MR) is 63.3 cm³/mol. The third-order valence-electron chi connectivity index (χ3n) is 3.06. The molecule has 0 bridgehead atoms. The molecule has 0 saturated heterocycles. The molecule has 4 heteroatoms. The van der Waals surface area contributed by atoms with Crippen LogP contribution in [0.1, 0.15) is 32.6 Å². The van der Waals surface area contributed by atoms with Crippen LogP contribution in [0.25, 0.3) is 0 Å². The van der Waals surface area contributed by atoms with Gasteiger partial charge in [0.05, 0.1) is 19.8 Å². The summed E-state index contributed by atoms with van der Waals surface area (Å²) in [5.74, 6) is 0.346. The van der Waals surface area contributed by atoms with Crippen LogP contribution in [0.15, 0.2) is 0 Å². The Kier molecular flexibility index (Phi) is 6.28. The van der Waals surface area contributed by atoms with Crippen molar-refractivity contribution in [3.63, 3.8) is 0 Å². The van der Waals surface area contributed by atoms with Gasteiger partial charge in [-0.3, -0.25) is 0 Å². The van der Waals surface area contributed by atoms with Crippen molar-refractivity contribution in [1.29, 1.82) is 0 Å². The molecule has 1 aliphatic rings. The number of aliphatic hydroxyl groups is 1. The Balaban J connectivity index is 1.97. The molecule has 16 heavy (non-hydrogen) atoms. The lowest BCUT2D eigenvalue weighted by molar-refractivity contribution is -0.0655. The SMILES string of the molecule is CCCCOCCOCC(O)(CN)C1CC1. The molecule has 3 N–H and O–H groups in total. The van der Waals surface area contributed by atoms with E-state index in [4.69, 9.17) is 15.2 Å². The number of ether oxygens (including phenoxy) is 2. The molecule has 0 aliphatic heterocycles. The minimum atomic E-state index is -0.802. The number of nitrogens with two attached hydrogens (primary N) is 1. The summed E-state index contributed by atoms with van der Waals surface area (Å²) in [4.78, 5) is 0. The van der Waals surface area contributed by atoms with Crippen LogP contribution in [0.4, 0.5) is 0 Å². The minimum Gasteiger partial charge on any atom is -0.386 e. The Bertz CT molecular complexity index is 185. The summed E-state index contributed by atoms with van der Waals surface area (Å²) in [5.41, 5.74) is 4.76. The van der Waals surface area contributed by atoms with Gasteiger partial charge in [-0.05, 0) is 25.2 Å². The van der Waals surface area contributed by atoms with Gasteiger partial charge in [0.25, 0.3) is 0 Å². The highest BCUT2D eigenvalue weighted by Crippen LogP contribution is 2.39. The van der Waals surface area contributed by atoms with Gasteiger partial charge in [-0.1, -0.05) is 13.3 Å². The van der Waals surface area contributed by atoms with E-state index in [0.29, 0.717) is 25.7 Å². The molecule has 0 spiro atoms. The summed E-state index contributed by atoms with van der Waals surface area (Å²) < 4.78 is 10.8. The Morgan fingerprint density at radius 3 is 2.50 bits per heavy atom. The Hall–Kier alpha value is -0.160. The molecule has 1 atom stereocenters. The van der Waals surface area contributed by atoms with Crippen LogP contribution in [-0.4, -0.2) is 43.7 Å². The molecule has 1 rings (SSSR count). The number of hydrogen-bond acceptors (Lipinski definition) is 4. The number of unbranched alkanes of at least 4 members (excludes halogenated alkanes) is 1. The second-order valence-electron chi connectivity index (χ2n) is 4.60. The first-order valence-electron chi connectivity index (χ1n) is 6.31. The monoisotopic (exact) mass is 231 g/mol. The maximum Gasteiger partial charge on any atom is 0.103 e. The summed E-state index contributed by atoms with van der Waals surface area (Å²) in [6, 6.07) is 0. The molecule has 0 amide bonds. The van der Waals surface area contributed by atoms with Crippen molar-refractivity contribution in [2.75, 3.05) is 33.0 Å². The van der Waals surface area contributed by atoms with Crippen molar-refractivity contribution in [2.45, 2.75) is 38.2 Å². The van der Waals surface area contributed by atoms with Gasteiger partial charge in [0.2, 0.25) is 0 Å². The standard InChI is InChI=1S/C12H25NO3/c1-2-3-6-15-7-8-16-10-12(14,9-13)11-4-5-11/h11,14H,2-10,13H2,1H3. The van der Waals surface area contributed by atoms with Gasteiger partial charge in [0, 0.05) is 13.2 Å². The van der Waals surface area contributed by atoms with Gasteiger partial charge < -0.3 is 20.3 Å². The third-order valence-corrected chi connectivity index (χ3v) is 3.06. The smallest absolute Gasteiger partial charge is 0.103 e. The van der Waals surface area contributed by atoms with Crippen molar-refractivity contribution in [3.8, 4) is 0 Å². The molecule has 0 heterocycles. The van der Waals surface area contributed by atoms with Crippen LogP contribution in [0.2, 0.25) is 0 Å². The summed E-state index contributed by atoms with van der Waals surface area (Å²) in [5, 5.41) is 10.1. The number of rotatable bonds is 10. The first-order valence-corrected chi connectivity index (χ1v) is 6.31. The fourth-order valence-electron chi connectivity index (χ4n) is 1.68. The highest BCUT2D eigenvalue weighted by atomic mass is 16.5. The topological polar surface area (TPSA) is 64.7 Å². The molecule has 0 radical (unpaired) electrons. The van der Waals surface area contributed by atoms with E-state index in [1.54, 1.807) is 0 Å². The molecule has 96 valence electrons. The van der Waals surface area contributed by atoms with Gasteiger partial charge in [0.1, 0.15) is 5.60 Å². The highest BCUT2D eigenvalue weighted by molar-refractivity contribution is 4.95. The molecule has 1 fully saturated rings. The summed E-state index contributed by atoms with van der Waals surface area (Å²) in [6.07, 6.45) is 4.39. The van der Waals surface area contributed by atoms with Crippen molar-refractivity contribution < 1.29 is 14.6 Å². The van der Waals surface area contributed by atoms with E-state index >= 15 is 0 Å². The van der Waals surface area contributed by atoms with Crippen LogP contribution >= 0.6 is 0 Å². The second kappa shape index (κ2) is 7.22. The first kappa shape index (κ1) is 13.9. The largest absolute Gasteiger partial charge is 0.386 e. The molecule has 1 saturated carbocycles. The van der Waals surface area contributed by atoms with Crippen molar-refractivity contribution in [1.82, 2.24) is 0 Å². The maximum absolute atomic E-state index is 10.1. The van der Waals surface area contributed by atoms with E-state index in [1.165, 1.54) is 0 Å². The molecule has 4 nitrogen and oxygen atoms in total. The summed E-state index contributed by atoms with van der Waals surface area (Å²) in [7, 11) is 0. The van der Waals surface area contributed by atoms with Crippen molar-refractivity contribution in [3.05, 3.63) is 0 Å². The van der Waals surface area contributed by atoms with E-state index in [0.717, 1.165) is 32.3 Å². The number of hydrogen-bond donors (Lipinski definition) is 2. The lowest BCUT2D eigenvalue weighted by atomic mass is 9.99. The van der Waals surface area contributed by atoms with Crippen LogP contribution < -0.4 is 5.73 Å². The third kappa shape index (κ3) is 4.78. The zero-order chi connectivity index (χ0) is 11.9. The average molecular weight is 231 g/mol. The van der Waals surface area contributed by atoms with Gasteiger partial charge in [-0.2, -0.15) is 0 Å². The van der Waals surface area contributed by atoms with Gasteiger partial charge in [-0.25, -0.2) is 0 Å². The van der Waals surface area contributed by atoms with Gasteiger partial charge in [0.15, 0.2) is 0 Å². The van der Waals surface area contributed by atoms with E-state index in [9.17, 15) is 5.11 Å². The molecule has 0 aromatic heterocycles. The quantitative estimate of drug-likeness (QED) is 0.549. The van der Waals surface area contributed by atoms with Gasteiger partial charge in [-0.15, -0.1) is 0 Å². The zero-order valence-electron chi connectivity index (χ0n) is 10.3. The lowest BCUT2D eigenvalue weighted by Crippen LogP contribution is -2.44. The van der Waals surface area contributed by atoms with E-state index < -0.39 is 5.60 Å². The van der Waals surface area contributed by atoms with Crippen LogP contribution in [0.5, 0.6) is 0 Å². The van der Waals surface area contributed by atoms with Gasteiger partial charge >= 0.3 is 0 Å². The molecule has 1 unspecified atom stereocenters. The molecular weight excluding hydrogens is 206 g/mol. The van der Waals surface area contributed by atoms with Crippen LogP contribution in [-0.2, 0) is 9.47 Å². The Labute approximate surface area is 98.1 Å². The summed E-state index contributed by atoms with van der Waals surface area (Å²) in [6.45, 7) is 4.70. The maximum atomic E-state index is 10.1. The minimum absolute atomic E-state index is 0.286. The fourth-order valence-corrected chi connectivity index (χ4v) is 1.68. The Morgan fingerprint density at radius 2 is 1.94 bits per heavy atom. The highest BCUT2D eigenvalue weighted by Gasteiger charge is 2.42. The Morgan fingerprint density at radius 1 is 1.25 bits per heavy atom. The van der Waals surface area contributed by atoms with Crippen molar-refractivity contribution in [2.24, 2.45) is 11.7 Å². The lowest BCUT2D eigenvalue weighted by Gasteiger charge is -2.26. The fraction of sp³-hybridized carbons (Fsp3) is 1.00. The summed E-state index contributed by atoms with van der Waals surface area (Å²) >= 11 is 0. The van der Waals surface area contributed by atoms with Crippen molar-refractivity contribution >= 4 is 0 Å². The molecular formula is C12H25NO3. The van der Waals surface area contributed by atoms with E-state index in [2.05, 4.69) is 6.92 Å².